The molecule has 2 aliphatic rings. The first kappa shape index (κ1) is 20.6. The number of rotatable bonds is 4. The van der Waals surface area contributed by atoms with Gasteiger partial charge >= 0.3 is 0 Å². The van der Waals surface area contributed by atoms with Crippen LogP contribution in [0.15, 0.2) is 54.6 Å². The molecule has 0 bridgehead atoms. The molecule has 0 radical (unpaired) electrons. The summed E-state index contributed by atoms with van der Waals surface area (Å²) in [6, 6.07) is 11.7. The second-order valence-electron chi connectivity index (χ2n) is 9.98. The van der Waals surface area contributed by atoms with E-state index in [2.05, 4.69) is 94.6 Å². The van der Waals surface area contributed by atoms with E-state index in [1.807, 2.05) is 0 Å². The lowest BCUT2D eigenvalue weighted by Gasteiger charge is -2.58. The van der Waals surface area contributed by atoms with Gasteiger partial charge in [-0.2, -0.15) is 0 Å². The summed E-state index contributed by atoms with van der Waals surface area (Å²) in [4.78, 5) is 0. The van der Waals surface area contributed by atoms with Crippen LogP contribution in [0.25, 0.3) is 0 Å². The Hall–Kier alpha value is -1.12. The standard InChI is InChI=1S/C25H39NSi/c1-20-14-8-7-13-19-24(4,26-21-15-11-12-16-21)23(2,3)25(20,5)27-22-17-9-6-10-18-22/h6,9-12,15-18,20-21,26H,7-8,13-14,19,27H2,1-5H3. The molecule has 0 aliphatic heterocycles. The van der Waals surface area contributed by atoms with Crippen molar-refractivity contribution in [3.8, 4) is 0 Å². The highest BCUT2D eigenvalue weighted by molar-refractivity contribution is 6.57. The smallest absolute Gasteiger partial charge is 0.0615 e. The van der Waals surface area contributed by atoms with Gasteiger partial charge in [0.1, 0.15) is 0 Å². The summed E-state index contributed by atoms with van der Waals surface area (Å²) in [5, 5.41) is 6.07. The normalized spacial score (nSPS) is 34.6. The van der Waals surface area contributed by atoms with Crippen LogP contribution in [0.3, 0.4) is 0 Å². The van der Waals surface area contributed by atoms with Gasteiger partial charge < -0.3 is 5.32 Å². The molecule has 1 fully saturated rings. The van der Waals surface area contributed by atoms with Crippen LogP contribution in [-0.2, 0) is 0 Å². The van der Waals surface area contributed by atoms with Gasteiger partial charge in [-0.15, -0.1) is 0 Å². The van der Waals surface area contributed by atoms with E-state index in [1.54, 1.807) is 5.19 Å². The molecule has 1 N–H and O–H groups in total. The molecule has 0 amide bonds. The molecule has 0 saturated heterocycles. The summed E-state index contributed by atoms with van der Waals surface area (Å²) in [7, 11) is -0.434. The molecular weight excluding hydrogens is 342 g/mol. The van der Waals surface area contributed by atoms with Gasteiger partial charge in [0.25, 0.3) is 0 Å². The van der Waals surface area contributed by atoms with Gasteiger partial charge in [0.15, 0.2) is 0 Å². The predicted molar refractivity (Wildman–Crippen MR) is 123 cm³/mol. The summed E-state index contributed by atoms with van der Waals surface area (Å²) in [5.41, 5.74) is 0.349. The van der Waals surface area contributed by atoms with E-state index in [-0.39, 0.29) is 11.0 Å². The van der Waals surface area contributed by atoms with Crippen molar-refractivity contribution < 1.29 is 0 Å². The van der Waals surface area contributed by atoms with Crippen molar-refractivity contribution in [2.75, 3.05) is 0 Å². The molecule has 1 aromatic carbocycles. The van der Waals surface area contributed by atoms with Crippen LogP contribution in [0.4, 0.5) is 0 Å². The summed E-state index contributed by atoms with van der Waals surface area (Å²) in [6.45, 7) is 12.8. The second-order valence-corrected chi connectivity index (χ2v) is 12.6. The molecule has 0 heterocycles. The summed E-state index contributed by atoms with van der Waals surface area (Å²) in [5.74, 6) is 0.758. The molecule has 3 atom stereocenters. The van der Waals surface area contributed by atoms with E-state index in [9.17, 15) is 0 Å². The third-order valence-corrected chi connectivity index (χ3v) is 11.6. The molecule has 3 rings (SSSR count). The quantitative estimate of drug-likeness (QED) is 0.713. The minimum atomic E-state index is -0.434. The fourth-order valence-electron chi connectivity index (χ4n) is 5.55. The number of nitrogens with one attached hydrogen (secondary N) is 1. The second kappa shape index (κ2) is 8.09. The van der Waals surface area contributed by atoms with Crippen molar-refractivity contribution in [2.24, 2.45) is 11.3 Å². The van der Waals surface area contributed by atoms with Gasteiger partial charge in [0.2, 0.25) is 0 Å². The number of hydrogen-bond donors (Lipinski definition) is 1. The monoisotopic (exact) mass is 381 g/mol. The largest absolute Gasteiger partial charge is 0.301 e. The Balaban J connectivity index is 2.00. The van der Waals surface area contributed by atoms with Gasteiger partial charge in [0.05, 0.1) is 9.52 Å². The highest BCUT2D eigenvalue weighted by atomic mass is 28.2. The van der Waals surface area contributed by atoms with E-state index in [1.165, 1.54) is 32.1 Å². The third kappa shape index (κ3) is 4.02. The van der Waals surface area contributed by atoms with Crippen molar-refractivity contribution in [1.82, 2.24) is 5.32 Å². The molecule has 2 heteroatoms. The Bertz CT molecular complexity index is 665. The maximum atomic E-state index is 4.09. The van der Waals surface area contributed by atoms with E-state index >= 15 is 0 Å². The van der Waals surface area contributed by atoms with Gasteiger partial charge in [-0.1, -0.05) is 113 Å². The van der Waals surface area contributed by atoms with Crippen LogP contribution in [0.2, 0.25) is 5.04 Å². The molecule has 1 aromatic rings. The van der Waals surface area contributed by atoms with Crippen molar-refractivity contribution in [1.29, 1.82) is 0 Å². The molecule has 1 nitrogen and oxygen atoms in total. The maximum Gasteiger partial charge on any atom is 0.0615 e. The number of benzene rings is 1. The zero-order valence-corrected chi connectivity index (χ0v) is 19.5. The van der Waals surface area contributed by atoms with Crippen LogP contribution >= 0.6 is 0 Å². The van der Waals surface area contributed by atoms with Gasteiger partial charge in [-0.25, -0.2) is 0 Å². The van der Waals surface area contributed by atoms with E-state index in [0.717, 1.165) is 5.92 Å². The van der Waals surface area contributed by atoms with Crippen LogP contribution in [-0.4, -0.2) is 21.1 Å². The Morgan fingerprint density at radius 1 is 0.926 bits per heavy atom. The van der Waals surface area contributed by atoms with Crippen molar-refractivity contribution in [3.63, 3.8) is 0 Å². The van der Waals surface area contributed by atoms with Crippen molar-refractivity contribution in [3.05, 3.63) is 54.6 Å². The van der Waals surface area contributed by atoms with Gasteiger partial charge in [0, 0.05) is 11.6 Å². The molecule has 1 saturated carbocycles. The van der Waals surface area contributed by atoms with Gasteiger partial charge in [-0.05, 0) is 29.7 Å². The minimum Gasteiger partial charge on any atom is -0.301 e. The minimum absolute atomic E-state index is 0.131. The van der Waals surface area contributed by atoms with Crippen LogP contribution in [0, 0.1) is 11.3 Å². The Labute approximate surface area is 169 Å². The van der Waals surface area contributed by atoms with E-state index in [4.69, 9.17) is 0 Å². The maximum absolute atomic E-state index is 4.09. The highest BCUT2D eigenvalue weighted by Gasteiger charge is 2.54. The SMILES string of the molecule is CC1CCCCCC(C)(NC2C=CC=C2)C(C)(C)C1(C)[SiH2]c1ccccc1. The Morgan fingerprint density at radius 2 is 1.59 bits per heavy atom. The van der Waals surface area contributed by atoms with Crippen LogP contribution in [0.5, 0.6) is 0 Å². The third-order valence-electron chi connectivity index (χ3n) is 8.36. The summed E-state index contributed by atoms with van der Waals surface area (Å²) >= 11 is 0. The summed E-state index contributed by atoms with van der Waals surface area (Å²) < 4.78 is 0. The zero-order valence-electron chi connectivity index (χ0n) is 18.1. The molecule has 148 valence electrons. The number of hydrogen-bond acceptors (Lipinski definition) is 1. The first-order chi connectivity index (χ1) is 12.8. The van der Waals surface area contributed by atoms with E-state index in [0.29, 0.717) is 11.1 Å². The molecule has 27 heavy (non-hydrogen) atoms. The Kier molecular flexibility index (Phi) is 6.17. The fourth-order valence-corrected chi connectivity index (χ4v) is 8.29. The topological polar surface area (TPSA) is 12.0 Å². The summed E-state index contributed by atoms with van der Waals surface area (Å²) in [6.07, 6.45) is 15.7. The lowest BCUT2D eigenvalue weighted by molar-refractivity contribution is 0.0482. The molecule has 0 spiro atoms. The van der Waals surface area contributed by atoms with Crippen molar-refractivity contribution >= 4 is 14.7 Å². The number of allylic oxidation sites excluding steroid dienone is 2. The molecule has 3 unspecified atom stereocenters. The molecule has 2 aliphatic carbocycles. The zero-order chi connectivity index (χ0) is 19.5. The fraction of sp³-hybridized carbons (Fsp3) is 0.600. The predicted octanol–water partition coefficient (Wildman–Crippen LogP) is 5.13. The Morgan fingerprint density at radius 3 is 2.26 bits per heavy atom. The molecule has 0 aromatic heterocycles. The van der Waals surface area contributed by atoms with Crippen molar-refractivity contribution in [2.45, 2.75) is 83.3 Å². The first-order valence-corrected chi connectivity index (χ1v) is 12.4. The lowest BCUT2D eigenvalue weighted by Crippen LogP contribution is -2.62. The average Bonchev–Trinajstić information content (AvgIpc) is 3.14. The first-order valence-electron chi connectivity index (χ1n) is 11.0. The van der Waals surface area contributed by atoms with Gasteiger partial charge in [-0.3, -0.25) is 0 Å². The van der Waals surface area contributed by atoms with E-state index < -0.39 is 9.52 Å². The van der Waals surface area contributed by atoms with Crippen LogP contribution < -0.4 is 10.5 Å². The average molecular weight is 382 g/mol. The molecular formula is C25H39NSi. The lowest BCUT2D eigenvalue weighted by atomic mass is 9.60. The highest BCUT2D eigenvalue weighted by Crippen LogP contribution is 2.59. The van der Waals surface area contributed by atoms with Crippen LogP contribution in [0.1, 0.15) is 66.7 Å².